The summed E-state index contributed by atoms with van der Waals surface area (Å²) in [5, 5.41) is 2.78. The Hall–Kier alpha value is -1.30. The van der Waals surface area contributed by atoms with Crippen LogP contribution in [0.3, 0.4) is 0 Å². The Kier molecular flexibility index (Phi) is 3.24. The lowest BCUT2D eigenvalue weighted by Crippen LogP contribution is -2.26. The molecule has 0 aromatic carbocycles. The molecular formula is C7H5F4N3O3S2. The quantitative estimate of drug-likeness (QED) is 0.599. The maximum Gasteiger partial charge on any atom is 0.445 e. The van der Waals surface area contributed by atoms with Crippen LogP contribution in [0.5, 0.6) is 0 Å². The summed E-state index contributed by atoms with van der Waals surface area (Å²) in [5.74, 6) is -0.809. The van der Waals surface area contributed by atoms with Gasteiger partial charge in [-0.05, 0) is 0 Å². The Morgan fingerprint density at radius 3 is 2.37 bits per heavy atom. The van der Waals surface area contributed by atoms with Gasteiger partial charge in [0.1, 0.15) is 5.25 Å². The molecule has 2 heterocycles. The van der Waals surface area contributed by atoms with Gasteiger partial charge in [-0.15, -0.1) is 14.1 Å². The zero-order valence-electron chi connectivity index (χ0n) is 8.89. The SMILES string of the molecule is O=C1CC(S(=O)(=O)F)CN1c1nnc(C(F)(F)F)s1. The monoisotopic (exact) mass is 319 g/mol. The zero-order chi connectivity index (χ0) is 14.4. The van der Waals surface area contributed by atoms with Gasteiger partial charge < -0.3 is 0 Å². The molecule has 0 aliphatic carbocycles. The number of carbonyl (C=O) groups is 1. The molecule has 0 bridgehead atoms. The smallest absolute Gasteiger partial charge is 0.285 e. The van der Waals surface area contributed by atoms with Gasteiger partial charge in [-0.3, -0.25) is 9.69 Å². The first kappa shape index (κ1) is 14.1. The van der Waals surface area contributed by atoms with E-state index in [9.17, 15) is 30.3 Å². The molecule has 6 nitrogen and oxygen atoms in total. The zero-order valence-corrected chi connectivity index (χ0v) is 10.5. The summed E-state index contributed by atoms with van der Waals surface area (Å²) < 4.78 is 71.0. The Bertz CT molecular complexity index is 611. The van der Waals surface area contributed by atoms with Gasteiger partial charge in [0.25, 0.3) is 0 Å². The molecule has 1 aromatic rings. The van der Waals surface area contributed by atoms with Gasteiger partial charge in [-0.25, -0.2) is 0 Å². The Labute approximate surface area is 108 Å². The number of carbonyl (C=O) groups excluding carboxylic acids is 1. The standard InChI is InChI=1S/C7H5F4N3O3S2/c8-7(9,10)5-12-13-6(18-5)14-2-3(1-4(14)15)19(11,16)17/h3H,1-2H2. The van der Waals surface area contributed by atoms with Crippen LogP contribution in [0.4, 0.5) is 22.2 Å². The van der Waals surface area contributed by atoms with Crippen molar-refractivity contribution in [2.75, 3.05) is 11.4 Å². The number of amides is 1. The number of hydrogen-bond donors (Lipinski definition) is 0. The molecule has 1 amide bonds. The van der Waals surface area contributed by atoms with Crippen LogP contribution in [0.15, 0.2) is 0 Å². The van der Waals surface area contributed by atoms with E-state index in [1.54, 1.807) is 0 Å². The average molecular weight is 319 g/mol. The first-order valence-electron chi connectivity index (χ1n) is 4.73. The van der Waals surface area contributed by atoms with Gasteiger partial charge >= 0.3 is 16.4 Å². The number of rotatable bonds is 2. The molecule has 12 heteroatoms. The van der Waals surface area contributed by atoms with Crippen LogP contribution >= 0.6 is 11.3 Å². The summed E-state index contributed by atoms with van der Waals surface area (Å²) in [6.07, 6.45) is -5.33. The minimum absolute atomic E-state index is 0.0941. The Balaban J connectivity index is 2.24. The van der Waals surface area contributed by atoms with E-state index in [0.717, 1.165) is 0 Å². The highest BCUT2D eigenvalue weighted by Crippen LogP contribution is 2.36. The fraction of sp³-hybridized carbons (Fsp3) is 0.571. The van der Waals surface area contributed by atoms with E-state index < -0.39 is 50.7 Å². The molecule has 0 saturated carbocycles. The second-order valence-corrected chi connectivity index (χ2v) is 6.27. The summed E-state index contributed by atoms with van der Waals surface area (Å²) in [5.41, 5.74) is 0. The van der Waals surface area contributed by atoms with E-state index in [2.05, 4.69) is 10.2 Å². The Morgan fingerprint density at radius 1 is 1.32 bits per heavy atom. The van der Waals surface area contributed by atoms with Crippen LogP contribution < -0.4 is 4.90 Å². The van der Waals surface area contributed by atoms with Gasteiger partial charge in [-0.2, -0.15) is 21.6 Å². The molecule has 1 aromatic heterocycles. The minimum atomic E-state index is -4.93. The van der Waals surface area contributed by atoms with Crippen LogP contribution in [-0.4, -0.2) is 36.3 Å². The van der Waals surface area contributed by atoms with Gasteiger partial charge in [0, 0.05) is 13.0 Å². The topological polar surface area (TPSA) is 80.2 Å². The molecule has 1 aliphatic rings. The second kappa shape index (κ2) is 4.37. The molecule has 0 radical (unpaired) electrons. The molecule has 0 N–H and O–H groups in total. The molecule has 1 unspecified atom stereocenters. The highest BCUT2D eigenvalue weighted by atomic mass is 32.3. The average Bonchev–Trinajstić information content (AvgIpc) is 2.80. The maximum absolute atomic E-state index is 12.7. The maximum atomic E-state index is 12.7. The van der Waals surface area contributed by atoms with Crippen molar-refractivity contribution in [3.05, 3.63) is 5.01 Å². The molecule has 1 saturated heterocycles. The van der Waals surface area contributed by atoms with Crippen LogP contribution in [0.2, 0.25) is 0 Å². The van der Waals surface area contributed by atoms with Gasteiger partial charge in [0.05, 0.1) is 0 Å². The minimum Gasteiger partial charge on any atom is -0.285 e. The van der Waals surface area contributed by atoms with E-state index in [1.807, 2.05) is 0 Å². The number of hydrogen-bond acceptors (Lipinski definition) is 6. The lowest BCUT2D eigenvalue weighted by atomic mass is 10.4. The molecule has 19 heavy (non-hydrogen) atoms. The van der Waals surface area contributed by atoms with E-state index in [1.165, 1.54) is 0 Å². The molecule has 106 valence electrons. The lowest BCUT2D eigenvalue weighted by Gasteiger charge is -2.10. The third kappa shape index (κ3) is 2.83. The molecule has 1 aliphatic heterocycles. The fourth-order valence-corrected chi connectivity index (χ4v) is 2.89. The molecule has 1 atom stereocenters. The van der Waals surface area contributed by atoms with Crippen molar-refractivity contribution in [1.29, 1.82) is 0 Å². The second-order valence-electron chi connectivity index (χ2n) is 3.69. The van der Waals surface area contributed by atoms with Crippen molar-refractivity contribution < 1.29 is 30.3 Å². The molecular weight excluding hydrogens is 314 g/mol. The van der Waals surface area contributed by atoms with Gasteiger partial charge in [0.2, 0.25) is 16.0 Å². The van der Waals surface area contributed by atoms with E-state index >= 15 is 0 Å². The van der Waals surface area contributed by atoms with Crippen molar-refractivity contribution in [3.63, 3.8) is 0 Å². The normalized spacial score (nSPS) is 21.2. The van der Waals surface area contributed by atoms with Crippen LogP contribution in [-0.2, 0) is 21.2 Å². The van der Waals surface area contributed by atoms with Crippen molar-refractivity contribution >= 4 is 32.6 Å². The number of alkyl halides is 3. The van der Waals surface area contributed by atoms with E-state index in [0.29, 0.717) is 4.90 Å². The van der Waals surface area contributed by atoms with E-state index in [-0.39, 0.29) is 11.3 Å². The number of halogens is 4. The first-order chi connectivity index (χ1) is 8.59. The number of anilines is 1. The van der Waals surface area contributed by atoms with Crippen LogP contribution in [0, 0.1) is 0 Å². The molecule has 2 rings (SSSR count). The summed E-state index contributed by atoms with van der Waals surface area (Å²) >= 11 is 0.0941. The highest BCUT2D eigenvalue weighted by Gasteiger charge is 2.42. The predicted octanol–water partition coefficient (Wildman–Crippen LogP) is 0.962. The predicted molar refractivity (Wildman–Crippen MR) is 55.7 cm³/mol. The van der Waals surface area contributed by atoms with Crippen molar-refractivity contribution in [3.8, 4) is 0 Å². The third-order valence-electron chi connectivity index (χ3n) is 2.38. The highest BCUT2D eigenvalue weighted by molar-refractivity contribution is 7.87. The lowest BCUT2D eigenvalue weighted by molar-refractivity contribution is -0.138. The first-order valence-corrected chi connectivity index (χ1v) is 7.00. The third-order valence-corrected chi connectivity index (χ3v) is 4.48. The molecule has 1 fully saturated rings. The summed E-state index contributed by atoms with van der Waals surface area (Å²) in [6.45, 7) is -0.565. The number of aromatic nitrogens is 2. The van der Waals surface area contributed by atoms with Crippen molar-refractivity contribution in [2.24, 2.45) is 0 Å². The van der Waals surface area contributed by atoms with Crippen LogP contribution in [0.1, 0.15) is 11.4 Å². The summed E-state index contributed by atoms with van der Waals surface area (Å²) in [6, 6.07) is 0. The summed E-state index contributed by atoms with van der Waals surface area (Å²) in [7, 11) is -4.93. The summed E-state index contributed by atoms with van der Waals surface area (Å²) in [4.78, 5) is 12.1. The van der Waals surface area contributed by atoms with Gasteiger partial charge in [0.15, 0.2) is 0 Å². The van der Waals surface area contributed by atoms with E-state index in [4.69, 9.17) is 0 Å². The van der Waals surface area contributed by atoms with Gasteiger partial charge in [-0.1, -0.05) is 11.3 Å². The fourth-order valence-electron chi connectivity index (χ4n) is 1.49. The van der Waals surface area contributed by atoms with Crippen molar-refractivity contribution in [2.45, 2.75) is 17.8 Å². The largest absolute Gasteiger partial charge is 0.445 e. The number of nitrogens with zero attached hydrogens (tertiary/aromatic N) is 3. The van der Waals surface area contributed by atoms with Crippen molar-refractivity contribution in [1.82, 2.24) is 10.2 Å². The van der Waals surface area contributed by atoms with Crippen LogP contribution in [0.25, 0.3) is 0 Å². The Morgan fingerprint density at radius 2 is 1.95 bits per heavy atom. The molecule has 0 spiro atoms.